The van der Waals surface area contributed by atoms with Crippen LogP contribution in [0.4, 0.5) is 5.82 Å². The number of fused-ring (bicyclic) bond motifs is 3. The van der Waals surface area contributed by atoms with Crippen LogP contribution in [0.25, 0.3) is 10.2 Å². The Hall–Kier alpha value is -2.87. The molecule has 3 aromatic rings. The molecule has 0 N–H and O–H groups in total. The lowest BCUT2D eigenvalue weighted by atomic mass is 9.89. The molecule has 7 nitrogen and oxygen atoms in total. The summed E-state index contributed by atoms with van der Waals surface area (Å²) in [4.78, 5) is 29.8. The number of aryl methyl sites for hydroxylation is 2. The smallest absolute Gasteiger partial charge is 0.261 e. The summed E-state index contributed by atoms with van der Waals surface area (Å²) in [6.07, 6.45) is 3.45. The highest BCUT2D eigenvalue weighted by atomic mass is 32.1. The fourth-order valence-electron chi connectivity index (χ4n) is 5.00. The SMILES string of the molecule is COc1cccc(OC)c1C(=O)N1CCN(c2nc(C)nc3sc4c(c23)CC[C@@H](C)C4)CC1. The van der Waals surface area contributed by atoms with Crippen molar-refractivity contribution in [2.75, 3.05) is 45.3 Å². The van der Waals surface area contributed by atoms with Crippen molar-refractivity contribution in [2.24, 2.45) is 5.92 Å². The van der Waals surface area contributed by atoms with E-state index in [0.717, 1.165) is 48.3 Å². The van der Waals surface area contributed by atoms with E-state index in [1.807, 2.05) is 29.2 Å². The van der Waals surface area contributed by atoms with Gasteiger partial charge in [-0.05, 0) is 49.8 Å². The highest BCUT2D eigenvalue weighted by Gasteiger charge is 2.30. The minimum absolute atomic E-state index is 0.0603. The van der Waals surface area contributed by atoms with Gasteiger partial charge in [0.05, 0.1) is 19.6 Å². The maximum atomic E-state index is 13.4. The average Bonchev–Trinajstić information content (AvgIpc) is 3.19. The minimum Gasteiger partial charge on any atom is -0.496 e. The van der Waals surface area contributed by atoms with Crippen LogP contribution in [0.15, 0.2) is 18.2 Å². The van der Waals surface area contributed by atoms with Crippen molar-refractivity contribution >= 4 is 33.3 Å². The van der Waals surface area contributed by atoms with Gasteiger partial charge in [-0.2, -0.15) is 0 Å². The number of methoxy groups -OCH3 is 2. The monoisotopic (exact) mass is 466 g/mol. The van der Waals surface area contributed by atoms with Crippen molar-refractivity contribution in [3.05, 3.63) is 40.0 Å². The Bertz CT molecular complexity index is 1180. The first-order chi connectivity index (χ1) is 16.0. The molecule has 1 saturated heterocycles. The fourth-order valence-corrected chi connectivity index (χ4v) is 6.42. The highest BCUT2D eigenvalue weighted by Crippen LogP contribution is 2.41. The quantitative estimate of drug-likeness (QED) is 0.577. The molecule has 33 heavy (non-hydrogen) atoms. The number of rotatable bonds is 4. The van der Waals surface area contributed by atoms with Crippen LogP contribution in [0, 0.1) is 12.8 Å². The van der Waals surface area contributed by atoms with Gasteiger partial charge in [-0.3, -0.25) is 4.79 Å². The molecule has 3 heterocycles. The summed E-state index contributed by atoms with van der Waals surface area (Å²) in [5, 5.41) is 1.23. The van der Waals surface area contributed by atoms with Gasteiger partial charge in [0.2, 0.25) is 0 Å². The van der Waals surface area contributed by atoms with Gasteiger partial charge in [-0.15, -0.1) is 11.3 Å². The number of benzene rings is 1. The number of carbonyl (C=O) groups is 1. The largest absolute Gasteiger partial charge is 0.496 e. The second-order valence-corrected chi connectivity index (χ2v) is 10.0. The number of piperazine rings is 1. The number of nitrogens with zero attached hydrogens (tertiary/aromatic N) is 4. The summed E-state index contributed by atoms with van der Waals surface area (Å²) in [6.45, 7) is 7.00. The van der Waals surface area contributed by atoms with Crippen molar-refractivity contribution in [3.8, 4) is 11.5 Å². The Balaban J connectivity index is 1.41. The number of thiophene rings is 1. The summed E-state index contributed by atoms with van der Waals surface area (Å²) < 4.78 is 10.9. The molecule has 1 aromatic carbocycles. The Morgan fingerprint density at radius 3 is 2.45 bits per heavy atom. The van der Waals surface area contributed by atoms with Crippen LogP contribution in [0.3, 0.4) is 0 Å². The molecule has 5 rings (SSSR count). The molecule has 1 aliphatic heterocycles. The van der Waals surface area contributed by atoms with Crippen molar-refractivity contribution in [1.29, 1.82) is 0 Å². The van der Waals surface area contributed by atoms with Gasteiger partial charge in [0.1, 0.15) is 33.5 Å². The van der Waals surface area contributed by atoms with Crippen molar-refractivity contribution in [1.82, 2.24) is 14.9 Å². The first kappa shape index (κ1) is 21.9. The molecule has 0 radical (unpaired) electrons. The molecule has 2 aliphatic rings. The summed E-state index contributed by atoms with van der Waals surface area (Å²) in [6, 6.07) is 5.43. The zero-order valence-electron chi connectivity index (χ0n) is 19.7. The highest BCUT2D eigenvalue weighted by molar-refractivity contribution is 7.19. The van der Waals surface area contributed by atoms with Crippen LogP contribution in [0.1, 0.15) is 40.0 Å². The predicted molar refractivity (Wildman–Crippen MR) is 131 cm³/mol. The van der Waals surface area contributed by atoms with Gasteiger partial charge in [0.25, 0.3) is 5.91 Å². The Kier molecular flexibility index (Phi) is 5.86. The molecule has 0 unspecified atom stereocenters. The van der Waals surface area contributed by atoms with Gasteiger partial charge in [0.15, 0.2) is 0 Å². The molecule has 1 fully saturated rings. The number of aromatic nitrogens is 2. The van der Waals surface area contributed by atoms with Crippen LogP contribution >= 0.6 is 11.3 Å². The second kappa shape index (κ2) is 8.82. The van der Waals surface area contributed by atoms with Crippen LogP contribution in [0.2, 0.25) is 0 Å². The van der Waals surface area contributed by atoms with Gasteiger partial charge < -0.3 is 19.3 Å². The molecule has 0 spiro atoms. The number of amides is 1. The van der Waals surface area contributed by atoms with Crippen molar-refractivity contribution in [3.63, 3.8) is 0 Å². The summed E-state index contributed by atoms with van der Waals surface area (Å²) >= 11 is 1.84. The van der Waals surface area contributed by atoms with Gasteiger partial charge in [0, 0.05) is 31.1 Å². The number of hydrogen-bond acceptors (Lipinski definition) is 7. The van der Waals surface area contributed by atoms with E-state index in [-0.39, 0.29) is 5.91 Å². The molecule has 0 bridgehead atoms. The zero-order valence-corrected chi connectivity index (χ0v) is 20.5. The predicted octanol–water partition coefficient (Wildman–Crippen LogP) is 4.10. The molecule has 1 atom stereocenters. The minimum atomic E-state index is -0.0603. The summed E-state index contributed by atoms with van der Waals surface area (Å²) in [5.74, 6) is 3.58. The van der Waals surface area contributed by atoms with Gasteiger partial charge in [-0.25, -0.2) is 9.97 Å². The zero-order chi connectivity index (χ0) is 23.1. The van der Waals surface area contributed by atoms with Crippen LogP contribution in [0.5, 0.6) is 11.5 Å². The lowest BCUT2D eigenvalue weighted by molar-refractivity contribution is 0.0739. The van der Waals surface area contributed by atoms with E-state index in [4.69, 9.17) is 19.4 Å². The number of ether oxygens (including phenoxy) is 2. The third-order valence-corrected chi connectivity index (χ3v) is 7.90. The molecule has 0 saturated carbocycles. The van der Waals surface area contributed by atoms with E-state index in [9.17, 15) is 4.79 Å². The van der Waals surface area contributed by atoms with Crippen LogP contribution in [-0.2, 0) is 12.8 Å². The summed E-state index contributed by atoms with van der Waals surface area (Å²) in [5.41, 5.74) is 1.93. The van der Waals surface area contributed by atoms with E-state index >= 15 is 0 Å². The lowest BCUT2D eigenvalue weighted by Crippen LogP contribution is -2.49. The number of hydrogen-bond donors (Lipinski definition) is 0. The van der Waals surface area contributed by atoms with E-state index in [2.05, 4.69) is 11.8 Å². The van der Waals surface area contributed by atoms with Crippen molar-refractivity contribution in [2.45, 2.75) is 33.1 Å². The normalized spacial score (nSPS) is 18.4. The molecule has 1 aliphatic carbocycles. The van der Waals surface area contributed by atoms with E-state index in [1.165, 1.54) is 22.2 Å². The Morgan fingerprint density at radius 2 is 1.79 bits per heavy atom. The molecular weight excluding hydrogens is 436 g/mol. The maximum absolute atomic E-state index is 13.4. The van der Waals surface area contributed by atoms with Gasteiger partial charge in [-0.1, -0.05) is 13.0 Å². The second-order valence-electron chi connectivity index (χ2n) is 8.94. The Labute approximate surface area is 198 Å². The van der Waals surface area contributed by atoms with E-state index in [1.54, 1.807) is 26.4 Å². The first-order valence-electron chi connectivity index (χ1n) is 11.5. The molecular formula is C25H30N4O3S. The molecule has 8 heteroatoms. The van der Waals surface area contributed by atoms with Gasteiger partial charge >= 0.3 is 0 Å². The standard InChI is InChI=1S/C25H30N4O3S/c1-15-8-9-17-20(14-15)33-24-21(17)23(26-16(2)27-24)28-10-12-29(13-11-28)25(30)22-18(31-3)6-5-7-19(22)32-4/h5-7,15H,8-14H2,1-4H3/t15-/m1/s1. The summed E-state index contributed by atoms with van der Waals surface area (Å²) in [7, 11) is 3.16. The number of carbonyl (C=O) groups excluding carboxylic acids is 1. The van der Waals surface area contributed by atoms with Crippen molar-refractivity contribution < 1.29 is 14.3 Å². The number of anilines is 1. The lowest BCUT2D eigenvalue weighted by Gasteiger charge is -2.36. The molecule has 1 amide bonds. The third-order valence-electron chi connectivity index (χ3n) is 6.76. The average molecular weight is 467 g/mol. The molecule has 2 aromatic heterocycles. The fraction of sp³-hybridized carbons (Fsp3) is 0.480. The van der Waals surface area contributed by atoms with Crippen LogP contribution in [-0.4, -0.2) is 61.2 Å². The van der Waals surface area contributed by atoms with Crippen LogP contribution < -0.4 is 14.4 Å². The first-order valence-corrected chi connectivity index (χ1v) is 12.4. The van der Waals surface area contributed by atoms with E-state index in [0.29, 0.717) is 30.2 Å². The third kappa shape index (κ3) is 3.90. The topological polar surface area (TPSA) is 67.8 Å². The molecule has 174 valence electrons. The van der Waals surface area contributed by atoms with E-state index < -0.39 is 0 Å². The Morgan fingerprint density at radius 1 is 1.09 bits per heavy atom. The maximum Gasteiger partial charge on any atom is 0.261 e.